The largest absolute Gasteiger partial charge is 0.321 e. The Hall–Kier alpha value is -2.30. The molecule has 0 atom stereocenters. The van der Waals surface area contributed by atoms with Gasteiger partial charge in [-0.2, -0.15) is 0 Å². The van der Waals surface area contributed by atoms with E-state index < -0.39 is 0 Å². The molecule has 1 N–H and O–H groups in total. The van der Waals surface area contributed by atoms with Gasteiger partial charge in [0.2, 0.25) is 0 Å². The molecule has 0 spiro atoms. The van der Waals surface area contributed by atoms with Crippen LogP contribution in [0.25, 0.3) is 0 Å². The van der Waals surface area contributed by atoms with Crippen LogP contribution in [0, 0.1) is 0 Å². The van der Waals surface area contributed by atoms with Gasteiger partial charge in [-0.15, -0.1) is 11.8 Å². The smallest absolute Gasteiger partial charge is 0.274 e. The SMILES string of the molecule is O=C(Nc1ccc(SCc2ccccc2Cl)cc1)c1ccccn1. The van der Waals surface area contributed by atoms with Gasteiger partial charge in [0.1, 0.15) is 5.69 Å². The fourth-order valence-electron chi connectivity index (χ4n) is 2.10. The molecule has 2 aromatic carbocycles. The lowest BCUT2D eigenvalue weighted by Crippen LogP contribution is -2.13. The van der Waals surface area contributed by atoms with Gasteiger partial charge in [0.25, 0.3) is 5.91 Å². The lowest BCUT2D eigenvalue weighted by molar-refractivity contribution is 0.102. The zero-order valence-corrected chi connectivity index (χ0v) is 14.3. The molecule has 0 saturated heterocycles. The average Bonchev–Trinajstić information content (AvgIpc) is 2.63. The first-order valence-electron chi connectivity index (χ1n) is 7.41. The van der Waals surface area contributed by atoms with Crippen molar-refractivity contribution in [1.82, 2.24) is 4.98 Å². The predicted molar refractivity (Wildman–Crippen MR) is 99.6 cm³/mol. The monoisotopic (exact) mass is 354 g/mol. The zero-order chi connectivity index (χ0) is 16.8. The van der Waals surface area contributed by atoms with E-state index in [1.807, 2.05) is 48.5 Å². The second kappa shape index (κ2) is 7.99. The predicted octanol–water partition coefficient (Wildman–Crippen LogP) is 5.28. The highest BCUT2D eigenvalue weighted by Crippen LogP contribution is 2.27. The van der Waals surface area contributed by atoms with Crippen LogP contribution in [0.1, 0.15) is 16.1 Å². The fourth-order valence-corrected chi connectivity index (χ4v) is 3.29. The molecule has 0 aliphatic rings. The van der Waals surface area contributed by atoms with E-state index in [1.54, 1.807) is 36.2 Å². The maximum atomic E-state index is 12.1. The molecule has 24 heavy (non-hydrogen) atoms. The summed E-state index contributed by atoms with van der Waals surface area (Å²) in [6, 6.07) is 20.8. The second-order valence-corrected chi connectivity index (χ2v) is 6.53. The van der Waals surface area contributed by atoms with Gasteiger partial charge < -0.3 is 5.32 Å². The Balaban J connectivity index is 1.59. The number of amides is 1. The van der Waals surface area contributed by atoms with Crippen LogP contribution >= 0.6 is 23.4 Å². The lowest BCUT2D eigenvalue weighted by atomic mass is 10.2. The highest BCUT2D eigenvalue weighted by molar-refractivity contribution is 7.98. The highest BCUT2D eigenvalue weighted by atomic mass is 35.5. The Morgan fingerprint density at radius 1 is 1.00 bits per heavy atom. The molecule has 3 rings (SSSR count). The number of nitrogens with zero attached hydrogens (tertiary/aromatic N) is 1. The number of carbonyl (C=O) groups is 1. The quantitative estimate of drug-likeness (QED) is 0.634. The summed E-state index contributed by atoms with van der Waals surface area (Å²) in [6.45, 7) is 0. The summed E-state index contributed by atoms with van der Waals surface area (Å²) in [7, 11) is 0. The standard InChI is InChI=1S/C19H15ClN2OS/c20-17-6-2-1-5-14(17)13-24-16-10-8-15(9-11-16)22-19(23)18-7-3-4-12-21-18/h1-12H,13H2,(H,22,23). The minimum atomic E-state index is -0.216. The van der Waals surface area contributed by atoms with Crippen molar-refractivity contribution >= 4 is 35.0 Å². The summed E-state index contributed by atoms with van der Waals surface area (Å²) in [4.78, 5) is 17.2. The molecule has 120 valence electrons. The van der Waals surface area contributed by atoms with E-state index in [0.717, 1.165) is 26.9 Å². The maximum absolute atomic E-state index is 12.1. The molecule has 0 bridgehead atoms. The number of thioether (sulfide) groups is 1. The van der Waals surface area contributed by atoms with Gasteiger partial charge in [0.15, 0.2) is 0 Å². The van der Waals surface area contributed by atoms with Gasteiger partial charge in [0.05, 0.1) is 0 Å². The molecule has 0 aliphatic heterocycles. The van der Waals surface area contributed by atoms with E-state index in [9.17, 15) is 4.79 Å². The van der Waals surface area contributed by atoms with E-state index in [-0.39, 0.29) is 5.91 Å². The molecule has 3 aromatic rings. The second-order valence-electron chi connectivity index (χ2n) is 5.07. The molecule has 1 heterocycles. The third kappa shape index (κ3) is 4.37. The van der Waals surface area contributed by atoms with E-state index in [2.05, 4.69) is 10.3 Å². The molecule has 0 radical (unpaired) electrons. The number of hydrogen-bond donors (Lipinski definition) is 1. The highest BCUT2D eigenvalue weighted by Gasteiger charge is 2.06. The number of benzene rings is 2. The van der Waals surface area contributed by atoms with Crippen LogP contribution < -0.4 is 5.32 Å². The van der Waals surface area contributed by atoms with Crippen LogP contribution in [-0.4, -0.2) is 10.9 Å². The van der Waals surface area contributed by atoms with Gasteiger partial charge in [-0.3, -0.25) is 9.78 Å². The van der Waals surface area contributed by atoms with Crippen LogP contribution in [0.4, 0.5) is 5.69 Å². The first kappa shape index (κ1) is 16.6. The van der Waals surface area contributed by atoms with Crippen molar-refractivity contribution in [2.24, 2.45) is 0 Å². The van der Waals surface area contributed by atoms with Crippen molar-refractivity contribution in [1.29, 1.82) is 0 Å². The fraction of sp³-hybridized carbons (Fsp3) is 0.0526. The molecule has 0 unspecified atom stereocenters. The van der Waals surface area contributed by atoms with Crippen LogP contribution in [0.3, 0.4) is 0 Å². The van der Waals surface area contributed by atoms with Gasteiger partial charge in [-0.25, -0.2) is 0 Å². The number of nitrogens with one attached hydrogen (secondary N) is 1. The summed E-state index contributed by atoms with van der Waals surface area (Å²) in [6.07, 6.45) is 1.60. The first-order chi connectivity index (χ1) is 11.7. The molecule has 1 aromatic heterocycles. The Morgan fingerprint density at radius 2 is 1.75 bits per heavy atom. The Bertz CT molecular complexity index is 822. The van der Waals surface area contributed by atoms with Crippen LogP contribution in [0.2, 0.25) is 5.02 Å². The Labute approximate surface area is 150 Å². The van der Waals surface area contributed by atoms with Crippen molar-refractivity contribution in [3.63, 3.8) is 0 Å². The van der Waals surface area contributed by atoms with Crippen molar-refractivity contribution in [3.8, 4) is 0 Å². The van der Waals surface area contributed by atoms with E-state index in [4.69, 9.17) is 11.6 Å². The summed E-state index contributed by atoms with van der Waals surface area (Å²) in [5, 5.41) is 3.62. The molecule has 5 heteroatoms. The van der Waals surface area contributed by atoms with Crippen molar-refractivity contribution < 1.29 is 4.79 Å². The summed E-state index contributed by atoms with van der Waals surface area (Å²) < 4.78 is 0. The van der Waals surface area contributed by atoms with Gasteiger partial charge in [-0.1, -0.05) is 35.9 Å². The van der Waals surface area contributed by atoms with Crippen molar-refractivity contribution in [3.05, 3.63) is 89.2 Å². The molecule has 3 nitrogen and oxygen atoms in total. The normalized spacial score (nSPS) is 10.4. The van der Waals surface area contributed by atoms with Crippen LogP contribution in [-0.2, 0) is 5.75 Å². The number of pyridine rings is 1. The minimum Gasteiger partial charge on any atom is -0.321 e. The minimum absolute atomic E-state index is 0.216. The summed E-state index contributed by atoms with van der Waals surface area (Å²) >= 11 is 7.87. The molecular formula is C19H15ClN2OS. The summed E-state index contributed by atoms with van der Waals surface area (Å²) in [5.74, 6) is 0.589. The van der Waals surface area contributed by atoms with E-state index in [1.165, 1.54) is 0 Å². The molecule has 0 aliphatic carbocycles. The number of rotatable bonds is 5. The number of carbonyl (C=O) groups excluding carboxylic acids is 1. The maximum Gasteiger partial charge on any atom is 0.274 e. The van der Waals surface area contributed by atoms with Crippen LogP contribution in [0.15, 0.2) is 77.8 Å². The van der Waals surface area contributed by atoms with Crippen molar-refractivity contribution in [2.75, 3.05) is 5.32 Å². The Kier molecular flexibility index (Phi) is 5.51. The number of anilines is 1. The first-order valence-corrected chi connectivity index (χ1v) is 8.77. The van der Waals surface area contributed by atoms with Gasteiger partial charge >= 0.3 is 0 Å². The van der Waals surface area contributed by atoms with Gasteiger partial charge in [0, 0.05) is 27.6 Å². The third-order valence-corrected chi connectivity index (χ3v) is 4.79. The Morgan fingerprint density at radius 3 is 2.46 bits per heavy atom. The van der Waals surface area contributed by atoms with Crippen LogP contribution in [0.5, 0.6) is 0 Å². The number of aromatic nitrogens is 1. The topological polar surface area (TPSA) is 42.0 Å². The van der Waals surface area contributed by atoms with Crippen molar-refractivity contribution in [2.45, 2.75) is 10.6 Å². The molecule has 1 amide bonds. The molecular weight excluding hydrogens is 340 g/mol. The van der Waals surface area contributed by atoms with E-state index >= 15 is 0 Å². The van der Waals surface area contributed by atoms with E-state index in [0.29, 0.717) is 5.69 Å². The lowest BCUT2D eigenvalue weighted by Gasteiger charge is -2.07. The summed E-state index contributed by atoms with van der Waals surface area (Å²) in [5.41, 5.74) is 2.25. The average molecular weight is 355 g/mol. The molecule has 0 fully saturated rings. The number of hydrogen-bond acceptors (Lipinski definition) is 3. The van der Waals surface area contributed by atoms with Gasteiger partial charge in [-0.05, 0) is 48.0 Å². The third-order valence-electron chi connectivity index (χ3n) is 3.36. The number of halogens is 1. The molecule has 0 saturated carbocycles. The zero-order valence-electron chi connectivity index (χ0n) is 12.8.